The Hall–Kier alpha value is -1.25. The Morgan fingerprint density at radius 2 is 2.23 bits per heavy atom. The second-order valence-electron chi connectivity index (χ2n) is 5.46. The Bertz CT molecular complexity index is 495. The second kappa shape index (κ2) is 9.02. The lowest BCUT2D eigenvalue weighted by Gasteiger charge is -2.34. The van der Waals surface area contributed by atoms with Gasteiger partial charge in [0.25, 0.3) is 7.41 Å². The van der Waals surface area contributed by atoms with Gasteiger partial charge in [0, 0.05) is 11.4 Å². The van der Waals surface area contributed by atoms with E-state index in [1.165, 1.54) is 12.8 Å². The number of rotatable bonds is 10. The van der Waals surface area contributed by atoms with E-state index < -0.39 is 12.1 Å². The molecule has 2 atom stereocenters. The molecule has 0 fully saturated rings. The van der Waals surface area contributed by atoms with Gasteiger partial charge in [-0.3, -0.25) is 0 Å². The lowest BCUT2D eigenvalue weighted by Crippen LogP contribution is -2.43. The Morgan fingerprint density at radius 1 is 1.55 bits per heavy atom. The average Bonchev–Trinajstić information content (AvgIpc) is 2.94. The van der Waals surface area contributed by atoms with Crippen LogP contribution in [0.4, 0.5) is 0 Å². The zero-order valence-corrected chi connectivity index (χ0v) is 13.9. The van der Waals surface area contributed by atoms with Crippen molar-refractivity contribution in [1.29, 1.82) is 0 Å². The van der Waals surface area contributed by atoms with Crippen molar-refractivity contribution in [2.45, 2.75) is 45.8 Å². The Labute approximate surface area is 135 Å². The van der Waals surface area contributed by atoms with Crippen LogP contribution in [0.2, 0.25) is 0 Å². The van der Waals surface area contributed by atoms with Crippen LogP contribution >= 0.6 is 11.3 Å². The zero-order chi connectivity index (χ0) is 16.7. The van der Waals surface area contributed by atoms with Gasteiger partial charge < -0.3 is 19.8 Å². The van der Waals surface area contributed by atoms with Crippen molar-refractivity contribution in [3.8, 4) is 0 Å². The maximum absolute atomic E-state index is 10.9. The van der Waals surface area contributed by atoms with Crippen molar-refractivity contribution >= 4 is 30.9 Å². The predicted molar refractivity (Wildman–Crippen MR) is 86.8 cm³/mol. The molecule has 0 spiro atoms. The van der Waals surface area contributed by atoms with Crippen LogP contribution in [0.1, 0.15) is 55.2 Å². The van der Waals surface area contributed by atoms with Crippen molar-refractivity contribution < 1.29 is 19.8 Å². The molecule has 22 heavy (non-hydrogen) atoms. The molecule has 0 amide bonds. The van der Waals surface area contributed by atoms with Crippen molar-refractivity contribution in [2.24, 2.45) is 5.92 Å². The molecule has 0 saturated carbocycles. The van der Waals surface area contributed by atoms with Crippen molar-refractivity contribution in [1.82, 2.24) is 9.79 Å². The van der Waals surface area contributed by atoms with Gasteiger partial charge in [-0.05, 0) is 25.3 Å². The monoisotopic (exact) mass is 325 g/mol. The predicted octanol–water partition coefficient (Wildman–Crippen LogP) is 1.81. The van der Waals surface area contributed by atoms with Gasteiger partial charge in [-0.15, -0.1) is 11.3 Å². The minimum atomic E-state index is -1.10. The third kappa shape index (κ3) is 5.19. The summed E-state index contributed by atoms with van der Waals surface area (Å²) in [7, 11) is 1.51. The van der Waals surface area contributed by atoms with E-state index >= 15 is 0 Å². The van der Waals surface area contributed by atoms with Crippen LogP contribution in [0.25, 0.3) is 0 Å². The SMILES string of the molecule is CCCN([B]C=O)[C@H](C[C@H](O)c1nc(C(=O)O)cs1)C(C)C. The van der Waals surface area contributed by atoms with Crippen LogP contribution in [0.15, 0.2) is 5.38 Å². The van der Waals surface area contributed by atoms with E-state index in [0.29, 0.717) is 11.4 Å². The van der Waals surface area contributed by atoms with Gasteiger partial charge in [0.05, 0.1) is 6.19 Å². The summed E-state index contributed by atoms with van der Waals surface area (Å²) in [6.07, 6.45) is 1.20. The second-order valence-corrected chi connectivity index (χ2v) is 6.35. The van der Waals surface area contributed by atoms with Gasteiger partial charge in [-0.2, -0.15) is 0 Å². The summed E-state index contributed by atoms with van der Waals surface area (Å²) in [4.78, 5) is 27.6. The number of thiazole rings is 1. The third-order valence-corrected chi connectivity index (χ3v) is 4.37. The highest BCUT2D eigenvalue weighted by atomic mass is 32.1. The van der Waals surface area contributed by atoms with Crippen molar-refractivity contribution in [3.63, 3.8) is 0 Å². The number of nitrogens with zero attached hydrogens (tertiary/aromatic N) is 2. The standard InChI is InChI=1S/C14H22BN2O4S/c1-4-5-17(15-8-18)11(9(2)3)6-12(19)13-16-10(7-22-13)14(20)21/h7-9,11-12,19H,4-6H2,1-3H3,(H,20,21)/t11-,12+/m1/s1. The molecular weight excluding hydrogens is 303 g/mol. The molecule has 6 nitrogen and oxygen atoms in total. The summed E-state index contributed by atoms with van der Waals surface area (Å²) in [5.74, 6) is -0.867. The topological polar surface area (TPSA) is 90.7 Å². The number of carboxylic acids is 1. The van der Waals surface area contributed by atoms with E-state index in [-0.39, 0.29) is 17.7 Å². The largest absolute Gasteiger partial charge is 0.476 e. The van der Waals surface area contributed by atoms with Crippen molar-refractivity contribution in [2.75, 3.05) is 6.54 Å². The number of aliphatic hydroxyl groups is 1. The van der Waals surface area contributed by atoms with Gasteiger partial charge in [0.2, 0.25) is 0 Å². The fourth-order valence-electron chi connectivity index (χ4n) is 2.35. The molecule has 0 bridgehead atoms. The lowest BCUT2D eigenvalue weighted by atomic mass is 9.85. The van der Waals surface area contributed by atoms with E-state index in [2.05, 4.69) is 4.98 Å². The van der Waals surface area contributed by atoms with Crippen molar-refractivity contribution in [3.05, 3.63) is 16.1 Å². The fraction of sp³-hybridized carbons (Fsp3) is 0.643. The van der Waals surface area contributed by atoms with E-state index in [9.17, 15) is 14.7 Å². The number of hydrogen-bond acceptors (Lipinski definition) is 6. The number of carbonyl (C=O) groups is 2. The lowest BCUT2D eigenvalue weighted by molar-refractivity contribution is 0.0690. The van der Waals surface area contributed by atoms with E-state index in [0.717, 1.165) is 30.5 Å². The molecule has 1 aromatic rings. The van der Waals surface area contributed by atoms with E-state index in [1.54, 1.807) is 0 Å². The van der Waals surface area contributed by atoms with Crippen LogP contribution < -0.4 is 0 Å². The molecule has 1 aromatic heterocycles. The summed E-state index contributed by atoms with van der Waals surface area (Å²) in [5.41, 5.74) is -0.0509. The van der Waals surface area contributed by atoms with Gasteiger partial charge in [-0.1, -0.05) is 20.8 Å². The molecule has 0 aromatic carbocycles. The van der Waals surface area contributed by atoms with Crippen LogP contribution in [-0.2, 0) is 4.79 Å². The molecule has 1 rings (SSSR count). The first kappa shape index (κ1) is 18.8. The molecular formula is C14H22BN2O4S. The highest BCUT2D eigenvalue weighted by Crippen LogP contribution is 2.27. The minimum absolute atomic E-state index is 0.0164. The number of aliphatic hydroxyl groups excluding tert-OH is 1. The third-order valence-electron chi connectivity index (χ3n) is 3.42. The molecule has 1 radical (unpaired) electrons. The molecule has 0 aliphatic carbocycles. The first-order valence-electron chi connectivity index (χ1n) is 7.31. The summed E-state index contributed by atoms with van der Waals surface area (Å²) < 4.78 is 0. The first-order valence-corrected chi connectivity index (χ1v) is 8.19. The number of carboxylic acid groups (broad SMARTS) is 1. The maximum Gasteiger partial charge on any atom is 0.355 e. The molecule has 0 unspecified atom stereocenters. The smallest absolute Gasteiger partial charge is 0.355 e. The number of aromatic nitrogens is 1. The van der Waals surface area contributed by atoms with Gasteiger partial charge >= 0.3 is 5.97 Å². The molecule has 121 valence electrons. The Morgan fingerprint density at radius 3 is 2.68 bits per heavy atom. The highest BCUT2D eigenvalue weighted by molar-refractivity contribution is 7.09. The molecule has 1 heterocycles. The van der Waals surface area contributed by atoms with E-state index in [1.807, 2.05) is 25.6 Å². The normalized spacial score (nSPS) is 14.1. The molecule has 0 saturated heterocycles. The summed E-state index contributed by atoms with van der Waals surface area (Å²) >= 11 is 1.14. The van der Waals surface area contributed by atoms with Crippen LogP contribution in [0, 0.1) is 5.92 Å². The summed E-state index contributed by atoms with van der Waals surface area (Å²) in [6, 6.07) is -0.0164. The molecule has 8 heteroatoms. The Balaban J connectivity index is 2.83. The maximum atomic E-state index is 10.9. The van der Waals surface area contributed by atoms with Gasteiger partial charge in [0.1, 0.15) is 11.1 Å². The Kier molecular flexibility index (Phi) is 7.71. The molecule has 2 N–H and O–H groups in total. The molecule has 0 aliphatic heterocycles. The summed E-state index contributed by atoms with van der Waals surface area (Å²) in [6.45, 7) is 6.82. The van der Waals surface area contributed by atoms with Gasteiger partial charge in [-0.25, -0.2) is 9.78 Å². The quantitative estimate of drug-likeness (QED) is 0.504. The number of hydrogen-bond donors (Lipinski definition) is 2. The van der Waals surface area contributed by atoms with Crippen LogP contribution in [-0.4, -0.2) is 52.2 Å². The fourth-order valence-corrected chi connectivity index (χ4v) is 3.14. The number of carbonyl (C=O) groups excluding carboxylic acids is 1. The highest BCUT2D eigenvalue weighted by Gasteiger charge is 2.26. The van der Waals surface area contributed by atoms with Gasteiger partial charge in [0.15, 0.2) is 5.69 Å². The first-order chi connectivity index (χ1) is 10.4. The van der Waals surface area contributed by atoms with E-state index in [4.69, 9.17) is 5.11 Å². The van der Waals surface area contributed by atoms with Crippen LogP contribution in [0.5, 0.6) is 0 Å². The summed E-state index contributed by atoms with van der Waals surface area (Å²) in [5, 5.41) is 21.1. The minimum Gasteiger partial charge on any atom is -0.476 e. The average molecular weight is 325 g/mol. The molecule has 0 aliphatic rings. The van der Waals surface area contributed by atoms with Crippen LogP contribution in [0.3, 0.4) is 0 Å². The zero-order valence-electron chi connectivity index (χ0n) is 13.1. The number of aromatic carboxylic acids is 1.